The fourth-order valence-corrected chi connectivity index (χ4v) is 3.80. The molecular weight excluding hydrogens is 426 g/mol. The molecule has 0 radical (unpaired) electrons. The van der Waals surface area contributed by atoms with Gasteiger partial charge in [0.1, 0.15) is 11.8 Å². The number of nitrogens with zero attached hydrogens (tertiary/aromatic N) is 1. The zero-order valence-electron chi connectivity index (χ0n) is 12.0. The van der Waals surface area contributed by atoms with Crippen molar-refractivity contribution in [2.75, 3.05) is 17.7 Å². The summed E-state index contributed by atoms with van der Waals surface area (Å²) in [5.74, 6) is 0.285. The van der Waals surface area contributed by atoms with Crippen molar-refractivity contribution in [3.05, 3.63) is 50.9 Å². The van der Waals surface area contributed by atoms with Crippen molar-refractivity contribution in [1.82, 2.24) is 0 Å². The molecule has 116 valence electrons. The molecule has 0 spiro atoms. The summed E-state index contributed by atoms with van der Waals surface area (Å²) in [4.78, 5) is 12.5. The van der Waals surface area contributed by atoms with E-state index in [0.717, 1.165) is 4.47 Å². The molecule has 3 rings (SSSR count). The minimum absolute atomic E-state index is 0.412. The summed E-state index contributed by atoms with van der Waals surface area (Å²) in [5.41, 5.74) is 0.324. The first-order valence-electron chi connectivity index (χ1n) is 6.64. The first-order chi connectivity index (χ1) is 11.0. The zero-order valence-corrected chi connectivity index (χ0v) is 15.2. The monoisotopic (exact) mass is 435 g/mol. The summed E-state index contributed by atoms with van der Waals surface area (Å²) >= 11 is 6.81. The molecule has 2 aromatic carbocycles. The molecule has 7 heteroatoms. The number of anilines is 2. The molecule has 1 amide bonds. The molecule has 0 saturated carbocycles. The van der Waals surface area contributed by atoms with Gasteiger partial charge in [0.15, 0.2) is 0 Å². The number of ether oxygens (including phenoxy) is 1. The first-order valence-corrected chi connectivity index (χ1v) is 8.23. The number of amides is 1. The quantitative estimate of drug-likeness (QED) is 0.762. The molecule has 1 heterocycles. The molecule has 0 saturated heterocycles. The predicted octanol–water partition coefficient (Wildman–Crippen LogP) is 4.00. The van der Waals surface area contributed by atoms with Crippen LogP contribution in [0.1, 0.15) is 5.56 Å². The van der Waals surface area contributed by atoms with E-state index in [2.05, 4.69) is 48.6 Å². The van der Waals surface area contributed by atoms with E-state index in [0.29, 0.717) is 27.2 Å². The molecule has 2 N–H and O–H groups in total. The second kappa shape index (κ2) is 5.87. The molecule has 1 aliphatic heterocycles. The van der Waals surface area contributed by atoms with Crippen molar-refractivity contribution in [2.45, 2.75) is 5.54 Å². The number of carbonyl (C=O) groups excluding carboxylic acids is 1. The van der Waals surface area contributed by atoms with Gasteiger partial charge in [0.05, 0.1) is 12.8 Å². The van der Waals surface area contributed by atoms with Crippen molar-refractivity contribution in [2.24, 2.45) is 0 Å². The van der Waals surface area contributed by atoms with Crippen molar-refractivity contribution >= 4 is 49.1 Å². The van der Waals surface area contributed by atoms with Crippen molar-refractivity contribution in [3.63, 3.8) is 0 Å². The maximum Gasteiger partial charge on any atom is 0.269 e. The number of rotatable bonds is 3. The van der Waals surface area contributed by atoms with Crippen LogP contribution < -0.4 is 15.4 Å². The molecule has 0 fully saturated rings. The van der Waals surface area contributed by atoms with Gasteiger partial charge in [-0.3, -0.25) is 4.79 Å². The van der Waals surface area contributed by atoms with Crippen LogP contribution in [0.2, 0.25) is 0 Å². The Balaban J connectivity index is 2.08. The molecule has 1 unspecified atom stereocenters. The van der Waals surface area contributed by atoms with E-state index in [-0.39, 0.29) is 0 Å². The summed E-state index contributed by atoms with van der Waals surface area (Å²) in [5, 5.41) is 15.6. The number of carbonyl (C=O) groups is 1. The fraction of sp³-hybridized carbons (Fsp3) is 0.125. The predicted molar refractivity (Wildman–Crippen MR) is 94.4 cm³/mol. The first kappa shape index (κ1) is 15.8. The van der Waals surface area contributed by atoms with Crippen LogP contribution in [0, 0.1) is 11.3 Å². The lowest BCUT2D eigenvalue weighted by atomic mass is 9.92. The van der Waals surface area contributed by atoms with Crippen molar-refractivity contribution < 1.29 is 9.53 Å². The van der Waals surface area contributed by atoms with E-state index in [9.17, 15) is 10.1 Å². The molecule has 0 aliphatic carbocycles. The number of hydrogen-bond acceptors (Lipinski definition) is 4. The number of hydrogen-bond donors (Lipinski definition) is 2. The molecule has 0 bridgehead atoms. The Hall–Kier alpha value is -2.04. The van der Waals surface area contributed by atoms with Gasteiger partial charge < -0.3 is 15.4 Å². The Morgan fingerprint density at radius 2 is 1.96 bits per heavy atom. The van der Waals surface area contributed by atoms with Gasteiger partial charge in [-0.25, -0.2) is 0 Å². The third-order valence-corrected chi connectivity index (χ3v) is 4.71. The van der Waals surface area contributed by atoms with Gasteiger partial charge >= 0.3 is 0 Å². The van der Waals surface area contributed by atoms with Crippen LogP contribution >= 0.6 is 31.9 Å². The number of methoxy groups -OCH3 is 1. The Bertz CT molecular complexity index is 830. The Morgan fingerprint density at radius 3 is 2.57 bits per heavy atom. The minimum atomic E-state index is -1.49. The smallest absolute Gasteiger partial charge is 0.269 e. The third-order valence-electron chi connectivity index (χ3n) is 3.63. The zero-order chi connectivity index (χ0) is 16.6. The second-order valence-electron chi connectivity index (χ2n) is 4.98. The maximum absolute atomic E-state index is 12.5. The van der Waals surface area contributed by atoms with Gasteiger partial charge in [-0.2, -0.15) is 5.26 Å². The molecule has 23 heavy (non-hydrogen) atoms. The van der Waals surface area contributed by atoms with Gasteiger partial charge in [-0.15, -0.1) is 0 Å². The summed E-state index contributed by atoms with van der Waals surface area (Å²) < 4.78 is 6.60. The normalized spacial score (nSPS) is 18.8. The summed E-state index contributed by atoms with van der Waals surface area (Å²) in [6.45, 7) is 0. The SMILES string of the molecule is COc1ccc(NC2(C#N)C(=O)Nc3c(Br)cc(Br)cc32)cc1. The minimum Gasteiger partial charge on any atom is -0.497 e. The molecule has 0 aromatic heterocycles. The number of fused-ring (bicyclic) bond motifs is 1. The van der Waals surface area contributed by atoms with E-state index >= 15 is 0 Å². The van der Waals surface area contributed by atoms with Crippen molar-refractivity contribution in [3.8, 4) is 11.8 Å². The number of nitrogens with one attached hydrogen (secondary N) is 2. The number of halogens is 2. The second-order valence-corrected chi connectivity index (χ2v) is 6.75. The highest BCUT2D eigenvalue weighted by atomic mass is 79.9. The standard InChI is InChI=1S/C16H11Br2N3O2/c1-23-11-4-2-10(3-5-11)21-16(8-19)12-6-9(17)7-13(18)14(12)20-15(16)22/h2-7,21H,1H3,(H,20,22). The van der Waals surface area contributed by atoms with E-state index in [1.165, 1.54) is 0 Å². The van der Waals surface area contributed by atoms with Gasteiger partial charge in [-0.1, -0.05) is 15.9 Å². The highest BCUT2D eigenvalue weighted by Crippen LogP contribution is 2.43. The summed E-state index contributed by atoms with van der Waals surface area (Å²) in [6.07, 6.45) is 0. The molecule has 1 aliphatic rings. The van der Waals surface area contributed by atoms with E-state index in [1.807, 2.05) is 6.07 Å². The molecule has 1 atom stereocenters. The van der Waals surface area contributed by atoms with Crippen LogP contribution in [0.15, 0.2) is 45.3 Å². The van der Waals surface area contributed by atoms with Gasteiger partial charge in [-0.05, 0) is 52.3 Å². The van der Waals surface area contributed by atoms with Crippen LogP contribution in [0.5, 0.6) is 5.75 Å². The van der Waals surface area contributed by atoms with E-state index < -0.39 is 11.4 Å². The van der Waals surface area contributed by atoms with Crippen LogP contribution in [-0.2, 0) is 10.3 Å². The van der Waals surface area contributed by atoms with Crippen LogP contribution in [0.4, 0.5) is 11.4 Å². The van der Waals surface area contributed by atoms with Crippen LogP contribution in [-0.4, -0.2) is 13.0 Å². The van der Waals surface area contributed by atoms with Gasteiger partial charge in [0.25, 0.3) is 5.91 Å². The fourth-order valence-electron chi connectivity index (χ4n) is 2.48. The Kier molecular flexibility index (Phi) is 4.04. The van der Waals surface area contributed by atoms with Crippen LogP contribution in [0.3, 0.4) is 0 Å². The van der Waals surface area contributed by atoms with E-state index in [4.69, 9.17) is 4.74 Å². The lowest BCUT2D eigenvalue weighted by Crippen LogP contribution is -2.40. The summed E-state index contributed by atoms with van der Waals surface area (Å²) in [6, 6.07) is 12.7. The van der Waals surface area contributed by atoms with E-state index in [1.54, 1.807) is 37.4 Å². The average Bonchev–Trinajstić information content (AvgIpc) is 2.81. The highest BCUT2D eigenvalue weighted by molar-refractivity contribution is 9.11. The van der Waals surface area contributed by atoms with Gasteiger partial charge in [0, 0.05) is 20.2 Å². The van der Waals surface area contributed by atoms with Gasteiger partial charge in [0.2, 0.25) is 5.54 Å². The average molecular weight is 437 g/mol. The van der Waals surface area contributed by atoms with Crippen molar-refractivity contribution in [1.29, 1.82) is 5.26 Å². The highest BCUT2D eigenvalue weighted by Gasteiger charge is 2.48. The molecule has 2 aromatic rings. The maximum atomic E-state index is 12.5. The lowest BCUT2D eigenvalue weighted by Gasteiger charge is -2.22. The lowest BCUT2D eigenvalue weighted by molar-refractivity contribution is -0.118. The number of benzene rings is 2. The topological polar surface area (TPSA) is 74.1 Å². The number of nitriles is 1. The molecule has 5 nitrogen and oxygen atoms in total. The third kappa shape index (κ3) is 2.58. The van der Waals surface area contributed by atoms with Crippen LogP contribution in [0.25, 0.3) is 0 Å². The summed E-state index contributed by atoms with van der Waals surface area (Å²) in [7, 11) is 1.58. The Morgan fingerprint density at radius 1 is 1.26 bits per heavy atom. The Labute approximate surface area is 149 Å². The molecular formula is C16H11Br2N3O2. The largest absolute Gasteiger partial charge is 0.497 e.